The van der Waals surface area contributed by atoms with Gasteiger partial charge in [0.1, 0.15) is 0 Å². The van der Waals surface area contributed by atoms with Gasteiger partial charge in [0, 0.05) is 35.1 Å². The first-order chi connectivity index (χ1) is 9.92. The van der Waals surface area contributed by atoms with Crippen LogP contribution in [-0.2, 0) is 0 Å². The van der Waals surface area contributed by atoms with E-state index in [9.17, 15) is 0 Å². The van der Waals surface area contributed by atoms with Crippen LogP contribution in [0.15, 0.2) is 59.5 Å². The van der Waals surface area contributed by atoms with E-state index in [0.717, 1.165) is 22.0 Å². The number of benzene rings is 1. The second-order valence-electron chi connectivity index (χ2n) is 4.41. The normalized spacial score (nSPS) is 11.0. The molecule has 1 N–H and O–H groups in total. The number of nitrogens with zero attached hydrogens (tertiary/aromatic N) is 3. The molecule has 0 bridgehead atoms. The van der Waals surface area contributed by atoms with Crippen molar-refractivity contribution in [2.45, 2.75) is 0 Å². The molecule has 0 aliphatic carbocycles. The van der Waals surface area contributed by atoms with Crippen molar-refractivity contribution < 1.29 is 4.52 Å². The van der Waals surface area contributed by atoms with Gasteiger partial charge in [-0.05, 0) is 18.2 Å². The van der Waals surface area contributed by atoms with Gasteiger partial charge in [-0.25, -0.2) is 0 Å². The Balaban J connectivity index is 1.82. The van der Waals surface area contributed by atoms with Crippen molar-refractivity contribution in [2.75, 3.05) is 0 Å². The van der Waals surface area contributed by atoms with Gasteiger partial charge in [-0.2, -0.15) is 4.98 Å². The van der Waals surface area contributed by atoms with Crippen molar-refractivity contribution >= 4 is 10.9 Å². The highest BCUT2D eigenvalue weighted by Gasteiger charge is 2.13. The lowest BCUT2D eigenvalue weighted by Crippen LogP contribution is -1.81. The molecule has 0 spiro atoms. The molecule has 0 amide bonds. The summed E-state index contributed by atoms with van der Waals surface area (Å²) in [5.41, 5.74) is 2.84. The fourth-order valence-corrected chi connectivity index (χ4v) is 2.20. The van der Waals surface area contributed by atoms with Gasteiger partial charge in [0.25, 0.3) is 5.89 Å². The van der Waals surface area contributed by atoms with Crippen LogP contribution in [0, 0.1) is 0 Å². The molecular weight excluding hydrogens is 252 g/mol. The van der Waals surface area contributed by atoms with Crippen molar-refractivity contribution in [3.63, 3.8) is 0 Å². The lowest BCUT2D eigenvalue weighted by molar-refractivity contribution is 0.432. The molecule has 0 saturated heterocycles. The number of pyridine rings is 1. The second kappa shape index (κ2) is 4.31. The van der Waals surface area contributed by atoms with Gasteiger partial charge in [0.05, 0.1) is 5.56 Å². The van der Waals surface area contributed by atoms with Crippen LogP contribution in [0.5, 0.6) is 0 Å². The molecule has 0 atom stereocenters. The van der Waals surface area contributed by atoms with Crippen molar-refractivity contribution in [3.05, 3.63) is 55.0 Å². The summed E-state index contributed by atoms with van der Waals surface area (Å²) in [6.07, 6.45) is 5.29. The zero-order chi connectivity index (χ0) is 13.4. The van der Waals surface area contributed by atoms with Crippen LogP contribution < -0.4 is 0 Å². The minimum atomic E-state index is 0.509. The van der Waals surface area contributed by atoms with E-state index in [-0.39, 0.29) is 0 Å². The summed E-state index contributed by atoms with van der Waals surface area (Å²) in [6.45, 7) is 0. The highest BCUT2D eigenvalue weighted by Crippen LogP contribution is 2.28. The monoisotopic (exact) mass is 262 g/mol. The molecule has 5 nitrogen and oxygen atoms in total. The number of fused-ring (bicyclic) bond motifs is 1. The molecule has 0 aliphatic rings. The molecule has 4 aromatic rings. The van der Waals surface area contributed by atoms with Crippen LogP contribution in [0.2, 0.25) is 0 Å². The third kappa shape index (κ3) is 1.68. The number of hydrogen-bond acceptors (Lipinski definition) is 4. The summed E-state index contributed by atoms with van der Waals surface area (Å²) in [6, 6.07) is 11.7. The second-order valence-corrected chi connectivity index (χ2v) is 4.41. The van der Waals surface area contributed by atoms with Gasteiger partial charge < -0.3 is 9.51 Å². The molecule has 20 heavy (non-hydrogen) atoms. The minimum Gasteiger partial charge on any atom is -0.360 e. The number of aromatic nitrogens is 4. The Morgan fingerprint density at radius 1 is 1.00 bits per heavy atom. The summed E-state index contributed by atoms with van der Waals surface area (Å²) >= 11 is 0. The molecule has 4 rings (SSSR count). The maximum atomic E-state index is 5.37. The third-order valence-electron chi connectivity index (χ3n) is 3.18. The smallest absolute Gasteiger partial charge is 0.260 e. The van der Waals surface area contributed by atoms with E-state index in [1.165, 1.54) is 0 Å². The van der Waals surface area contributed by atoms with Gasteiger partial charge in [0.2, 0.25) is 5.82 Å². The van der Waals surface area contributed by atoms with E-state index in [4.69, 9.17) is 4.52 Å². The predicted octanol–water partition coefficient (Wildman–Crippen LogP) is 3.28. The van der Waals surface area contributed by atoms with Crippen molar-refractivity contribution in [2.24, 2.45) is 0 Å². The van der Waals surface area contributed by atoms with Crippen molar-refractivity contribution in [1.29, 1.82) is 0 Å². The molecule has 3 aromatic heterocycles. The van der Waals surface area contributed by atoms with E-state index in [0.29, 0.717) is 11.7 Å². The summed E-state index contributed by atoms with van der Waals surface area (Å²) in [5, 5.41) is 5.09. The Bertz CT molecular complexity index is 864. The van der Waals surface area contributed by atoms with Crippen LogP contribution >= 0.6 is 0 Å². The SMILES string of the molecule is c1ccc2c(-c3nc(-c4ccncc4)no3)c[nH]c2c1. The van der Waals surface area contributed by atoms with E-state index < -0.39 is 0 Å². The summed E-state index contributed by atoms with van der Waals surface area (Å²) < 4.78 is 5.37. The summed E-state index contributed by atoms with van der Waals surface area (Å²) in [4.78, 5) is 11.6. The average molecular weight is 262 g/mol. The predicted molar refractivity (Wildman–Crippen MR) is 74.8 cm³/mol. The molecular formula is C15H10N4O. The number of aromatic amines is 1. The minimum absolute atomic E-state index is 0.509. The summed E-state index contributed by atoms with van der Waals surface area (Å²) in [7, 11) is 0. The average Bonchev–Trinajstić information content (AvgIpc) is 3.14. The van der Waals surface area contributed by atoms with Gasteiger partial charge in [0.15, 0.2) is 0 Å². The van der Waals surface area contributed by atoms with Crippen LogP contribution in [0.3, 0.4) is 0 Å². The highest BCUT2D eigenvalue weighted by atomic mass is 16.5. The Hall–Kier alpha value is -2.95. The lowest BCUT2D eigenvalue weighted by Gasteiger charge is -1.91. The number of nitrogens with one attached hydrogen (secondary N) is 1. The number of H-pyrrole nitrogens is 1. The van der Waals surface area contributed by atoms with Crippen LogP contribution in [-0.4, -0.2) is 20.1 Å². The van der Waals surface area contributed by atoms with Gasteiger partial charge in [-0.1, -0.05) is 23.4 Å². The first kappa shape index (κ1) is 10.9. The fraction of sp³-hybridized carbons (Fsp3) is 0. The maximum Gasteiger partial charge on any atom is 0.260 e. The van der Waals surface area contributed by atoms with Crippen LogP contribution in [0.1, 0.15) is 0 Å². The molecule has 5 heteroatoms. The quantitative estimate of drug-likeness (QED) is 0.602. The molecule has 0 fully saturated rings. The highest BCUT2D eigenvalue weighted by molar-refractivity contribution is 5.93. The van der Waals surface area contributed by atoms with Crippen molar-refractivity contribution in [1.82, 2.24) is 20.1 Å². The Labute approximate surface area is 114 Å². The molecule has 3 heterocycles. The molecule has 1 aromatic carbocycles. The first-order valence-corrected chi connectivity index (χ1v) is 6.22. The Morgan fingerprint density at radius 3 is 2.75 bits per heavy atom. The molecule has 0 saturated carbocycles. The Kier molecular flexibility index (Phi) is 2.35. The standard InChI is InChI=1S/C15H10N4O/c1-2-4-13-11(3-1)12(9-17-13)15-18-14(19-20-15)10-5-7-16-8-6-10/h1-9,17H. The van der Waals surface area contributed by atoms with Gasteiger partial charge in [-0.3, -0.25) is 4.98 Å². The number of rotatable bonds is 2. The van der Waals surface area contributed by atoms with E-state index in [1.807, 2.05) is 42.6 Å². The molecule has 0 radical (unpaired) electrons. The third-order valence-corrected chi connectivity index (χ3v) is 3.18. The lowest BCUT2D eigenvalue weighted by atomic mass is 10.2. The molecule has 0 aliphatic heterocycles. The van der Waals surface area contributed by atoms with E-state index in [1.54, 1.807) is 12.4 Å². The number of hydrogen-bond donors (Lipinski definition) is 1. The zero-order valence-electron chi connectivity index (χ0n) is 10.4. The Morgan fingerprint density at radius 2 is 1.85 bits per heavy atom. The van der Waals surface area contributed by atoms with Crippen LogP contribution in [0.25, 0.3) is 33.7 Å². The number of para-hydroxylation sites is 1. The largest absolute Gasteiger partial charge is 0.360 e. The molecule has 0 unspecified atom stereocenters. The van der Waals surface area contributed by atoms with Gasteiger partial charge >= 0.3 is 0 Å². The maximum absolute atomic E-state index is 5.37. The van der Waals surface area contributed by atoms with E-state index in [2.05, 4.69) is 20.1 Å². The zero-order valence-corrected chi connectivity index (χ0v) is 10.4. The topological polar surface area (TPSA) is 67.6 Å². The molecule has 96 valence electrons. The summed E-state index contributed by atoms with van der Waals surface area (Å²) in [5.74, 6) is 1.07. The fourth-order valence-electron chi connectivity index (χ4n) is 2.20. The van der Waals surface area contributed by atoms with E-state index >= 15 is 0 Å². The van der Waals surface area contributed by atoms with Gasteiger partial charge in [-0.15, -0.1) is 0 Å². The first-order valence-electron chi connectivity index (χ1n) is 6.22. The van der Waals surface area contributed by atoms with Crippen molar-refractivity contribution in [3.8, 4) is 22.8 Å². The van der Waals surface area contributed by atoms with Crippen LogP contribution in [0.4, 0.5) is 0 Å².